The van der Waals surface area contributed by atoms with E-state index in [1.165, 1.54) is 30.3 Å². The molecule has 1 heterocycles. The number of hydrogen-bond donors (Lipinski definition) is 1. The van der Waals surface area contributed by atoms with Crippen LogP contribution in [0.3, 0.4) is 0 Å². The molecule has 1 aliphatic heterocycles. The zero-order chi connectivity index (χ0) is 15.3. The van der Waals surface area contributed by atoms with Gasteiger partial charge in [-0.25, -0.2) is 16.8 Å². The van der Waals surface area contributed by atoms with Gasteiger partial charge in [-0.3, -0.25) is 0 Å². The van der Waals surface area contributed by atoms with E-state index in [0.717, 1.165) is 0 Å². The highest BCUT2D eigenvalue weighted by Gasteiger charge is 2.44. The van der Waals surface area contributed by atoms with Gasteiger partial charge < -0.3 is 5.11 Å². The topological polar surface area (TPSA) is 88.5 Å². The maximum Gasteiger partial charge on any atom is 0.186 e. The van der Waals surface area contributed by atoms with Crippen LogP contribution < -0.4 is 0 Å². The van der Waals surface area contributed by atoms with Crippen LogP contribution in [-0.2, 0) is 19.7 Å². The van der Waals surface area contributed by atoms with Crippen molar-refractivity contribution in [2.45, 2.75) is 15.0 Å². The zero-order valence-electron chi connectivity index (χ0n) is 10.8. The molecule has 1 aliphatic rings. The lowest BCUT2D eigenvalue weighted by Gasteiger charge is -2.12. The van der Waals surface area contributed by atoms with Gasteiger partial charge >= 0.3 is 0 Å². The summed E-state index contributed by atoms with van der Waals surface area (Å²) >= 11 is 0. The minimum atomic E-state index is -3.88. The molecule has 7 heteroatoms. The van der Waals surface area contributed by atoms with Crippen molar-refractivity contribution in [3.8, 4) is 5.75 Å². The van der Waals surface area contributed by atoms with Crippen LogP contribution in [0.15, 0.2) is 58.3 Å². The largest absolute Gasteiger partial charge is 0.508 e. The van der Waals surface area contributed by atoms with Gasteiger partial charge in [-0.1, -0.05) is 24.3 Å². The minimum Gasteiger partial charge on any atom is -0.508 e. The lowest BCUT2D eigenvalue weighted by atomic mass is 10.1. The smallest absolute Gasteiger partial charge is 0.186 e. The van der Waals surface area contributed by atoms with Crippen LogP contribution in [0.4, 0.5) is 0 Å². The Balaban J connectivity index is 2.24. The van der Waals surface area contributed by atoms with Crippen LogP contribution in [0, 0.1) is 0 Å². The number of hydrogen-bond acceptors (Lipinski definition) is 5. The summed E-state index contributed by atoms with van der Waals surface area (Å²) in [5.74, 6) is -0.852. The van der Waals surface area contributed by atoms with Crippen LogP contribution in [0.2, 0.25) is 0 Å². The van der Waals surface area contributed by atoms with Gasteiger partial charge in [0.05, 0.1) is 15.5 Å². The molecular formula is C14H12O5S2. The standard InChI is InChI=1S/C14H12O5S2/c15-11-7-4-8-12-14(11)13(9-20(12,16)17)21(18,19)10-5-2-1-3-6-10/h1-8,13,15H,9H2. The first kappa shape index (κ1) is 14.1. The molecule has 0 saturated carbocycles. The van der Waals surface area contributed by atoms with Crippen LogP contribution in [-0.4, -0.2) is 27.7 Å². The predicted molar refractivity (Wildman–Crippen MR) is 76.5 cm³/mol. The molecule has 0 spiro atoms. The van der Waals surface area contributed by atoms with E-state index in [2.05, 4.69) is 0 Å². The van der Waals surface area contributed by atoms with Gasteiger partial charge in [0.25, 0.3) is 0 Å². The summed E-state index contributed by atoms with van der Waals surface area (Å²) in [5, 5.41) is 8.64. The van der Waals surface area contributed by atoms with E-state index in [1.807, 2.05) is 0 Å². The molecule has 0 aromatic heterocycles. The van der Waals surface area contributed by atoms with Gasteiger partial charge in [0.2, 0.25) is 0 Å². The fourth-order valence-electron chi connectivity index (χ4n) is 2.52. The molecule has 1 unspecified atom stereocenters. The van der Waals surface area contributed by atoms with Gasteiger partial charge in [0, 0.05) is 5.56 Å². The van der Waals surface area contributed by atoms with Crippen molar-refractivity contribution in [2.24, 2.45) is 0 Å². The van der Waals surface area contributed by atoms with E-state index in [1.54, 1.807) is 18.2 Å². The van der Waals surface area contributed by atoms with E-state index in [-0.39, 0.29) is 21.1 Å². The van der Waals surface area contributed by atoms with Crippen molar-refractivity contribution >= 4 is 19.7 Å². The molecule has 21 heavy (non-hydrogen) atoms. The van der Waals surface area contributed by atoms with Gasteiger partial charge in [-0.15, -0.1) is 0 Å². The van der Waals surface area contributed by atoms with E-state index >= 15 is 0 Å². The third-order valence-electron chi connectivity index (χ3n) is 3.52. The van der Waals surface area contributed by atoms with E-state index in [4.69, 9.17) is 0 Å². The van der Waals surface area contributed by atoms with Crippen LogP contribution in [0.5, 0.6) is 5.75 Å². The van der Waals surface area contributed by atoms with Crippen LogP contribution in [0.1, 0.15) is 10.8 Å². The van der Waals surface area contributed by atoms with Crippen molar-refractivity contribution in [3.05, 3.63) is 54.1 Å². The molecule has 2 aromatic carbocycles. The Hall–Kier alpha value is -1.86. The average Bonchev–Trinajstić information content (AvgIpc) is 2.74. The summed E-state index contributed by atoms with van der Waals surface area (Å²) < 4.78 is 49.6. The molecule has 0 radical (unpaired) electrons. The monoisotopic (exact) mass is 324 g/mol. The summed E-state index contributed by atoms with van der Waals surface area (Å²) in [6, 6.07) is 11.7. The molecule has 5 nitrogen and oxygen atoms in total. The highest BCUT2D eigenvalue weighted by Crippen LogP contribution is 2.44. The van der Waals surface area contributed by atoms with E-state index in [0.29, 0.717) is 0 Å². The Morgan fingerprint density at radius 2 is 1.67 bits per heavy atom. The molecule has 0 fully saturated rings. The quantitative estimate of drug-likeness (QED) is 0.908. The van der Waals surface area contributed by atoms with Crippen molar-refractivity contribution in [1.82, 2.24) is 0 Å². The number of phenols is 1. The molecule has 2 aromatic rings. The Kier molecular flexibility index (Phi) is 3.07. The first-order chi connectivity index (χ1) is 9.84. The van der Waals surface area contributed by atoms with Crippen molar-refractivity contribution in [2.75, 3.05) is 5.75 Å². The summed E-state index contributed by atoms with van der Waals surface area (Å²) in [7, 11) is -7.59. The maximum atomic E-state index is 12.7. The molecule has 0 aliphatic carbocycles. The number of phenolic OH excluding ortho intramolecular Hbond substituents is 1. The Morgan fingerprint density at radius 3 is 2.33 bits per heavy atom. The molecule has 3 rings (SSSR count). The first-order valence-electron chi connectivity index (χ1n) is 6.17. The molecular weight excluding hydrogens is 312 g/mol. The molecule has 1 N–H and O–H groups in total. The fourth-order valence-corrected chi connectivity index (χ4v) is 6.88. The summed E-state index contributed by atoms with van der Waals surface area (Å²) in [4.78, 5) is -0.0618. The summed E-state index contributed by atoms with van der Waals surface area (Å²) in [6.07, 6.45) is 0. The molecule has 1 atom stereocenters. The van der Waals surface area contributed by atoms with Gasteiger partial charge in [0.1, 0.15) is 11.0 Å². The minimum absolute atomic E-state index is 0.0265. The second-order valence-electron chi connectivity index (χ2n) is 4.82. The van der Waals surface area contributed by atoms with Crippen molar-refractivity contribution < 1.29 is 21.9 Å². The molecule has 110 valence electrons. The summed E-state index contributed by atoms with van der Waals surface area (Å²) in [5.41, 5.74) is -0.0265. The Labute approximate surface area is 122 Å². The third kappa shape index (κ3) is 2.13. The lowest BCUT2D eigenvalue weighted by molar-refractivity contribution is 0.465. The second-order valence-corrected chi connectivity index (χ2v) is 8.95. The number of rotatable bonds is 2. The third-order valence-corrected chi connectivity index (χ3v) is 7.61. The van der Waals surface area contributed by atoms with Crippen molar-refractivity contribution in [1.29, 1.82) is 0 Å². The fraction of sp³-hybridized carbons (Fsp3) is 0.143. The number of aromatic hydroxyl groups is 1. The van der Waals surface area contributed by atoms with Gasteiger partial charge in [-0.05, 0) is 24.3 Å². The summed E-state index contributed by atoms with van der Waals surface area (Å²) in [6.45, 7) is 0. The normalized spacial score (nSPS) is 20.1. The molecule has 0 bridgehead atoms. The SMILES string of the molecule is O=S1(=O)CC(S(=O)(=O)c2ccccc2)c2c(O)cccc21. The molecule has 0 amide bonds. The average molecular weight is 324 g/mol. The van der Waals surface area contributed by atoms with E-state index < -0.39 is 30.7 Å². The Morgan fingerprint density at radius 1 is 1.00 bits per heavy atom. The highest BCUT2D eigenvalue weighted by atomic mass is 32.2. The predicted octanol–water partition coefficient (Wildman–Crippen LogP) is 1.69. The number of sulfone groups is 2. The lowest BCUT2D eigenvalue weighted by Crippen LogP contribution is -2.15. The zero-order valence-corrected chi connectivity index (χ0v) is 12.4. The number of fused-ring (bicyclic) bond motifs is 1. The van der Waals surface area contributed by atoms with Crippen molar-refractivity contribution in [3.63, 3.8) is 0 Å². The van der Waals surface area contributed by atoms with Gasteiger partial charge in [-0.2, -0.15) is 0 Å². The van der Waals surface area contributed by atoms with Crippen LogP contribution >= 0.6 is 0 Å². The first-order valence-corrected chi connectivity index (χ1v) is 9.37. The van der Waals surface area contributed by atoms with E-state index in [9.17, 15) is 21.9 Å². The Bertz CT molecular complexity index is 900. The molecule has 0 saturated heterocycles. The van der Waals surface area contributed by atoms with Crippen LogP contribution in [0.25, 0.3) is 0 Å². The number of benzene rings is 2. The highest BCUT2D eigenvalue weighted by molar-refractivity contribution is 7.96. The second kappa shape index (κ2) is 4.57. The van der Waals surface area contributed by atoms with Gasteiger partial charge in [0.15, 0.2) is 19.7 Å². The maximum absolute atomic E-state index is 12.7.